The number of ether oxygens (including phenoxy) is 4. The van der Waals surface area contributed by atoms with E-state index < -0.39 is 0 Å². The van der Waals surface area contributed by atoms with Gasteiger partial charge in [-0.1, -0.05) is 18.2 Å². The second-order valence-corrected chi connectivity index (χ2v) is 6.96. The molecule has 0 aliphatic rings. The van der Waals surface area contributed by atoms with Crippen LogP contribution in [0.3, 0.4) is 0 Å². The van der Waals surface area contributed by atoms with Gasteiger partial charge < -0.3 is 23.8 Å². The molecule has 0 N–H and O–H groups in total. The van der Waals surface area contributed by atoms with E-state index in [0.29, 0.717) is 23.0 Å². The van der Waals surface area contributed by atoms with Crippen molar-refractivity contribution in [3.8, 4) is 23.0 Å². The van der Waals surface area contributed by atoms with Crippen molar-refractivity contribution in [3.05, 3.63) is 41.5 Å². The highest BCUT2D eigenvalue weighted by molar-refractivity contribution is 8.13. The van der Waals surface area contributed by atoms with E-state index in [9.17, 15) is 4.79 Å². The molecule has 150 valence electrons. The van der Waals surface area contributed by atoms with Crippen molar-refractivity contribution in [1.82, 2.24) is 4.90 Å². The molecule has 0 atom stereocenters. The fourth-order valence-electron chi connectivity index (χ4n) is 2.45. The van der Waals surface area contributed by atoms with Crippen LogP contribution in [-0.4, -0.2) is 52.7 Å². The van der Waals surface area contributed by atoms with E-state index in [4.69, 9.17) is 18.9 Å². The van der Waals surface area contributed by atoms with Gasteiger partial charge in [-0.2, -0.15) is 0 Å². The van der Waals surface area contributed by atoms with Crippen LogP contribution in [0.15, 0.2) is 35.2 Å². The Morgan fingerprint density at radius 3 is 1.86 bits per heavy atom. The van der Waals surface area contributed by atoms with Crippen molar-refractivity contribution in [2.24, 2.45) is 0 Å². The molecular weight excluding hydrogens is 378 g/mol. The minimum Gasteiger partial charge on any atom is -0.496 e. The van der Waals surface area contributed by atoms with Gasteiger partial charge >= 0.3 is 0 Å². The van der Waals surface area contributed by atoms with Crippen LogP contribution in [0.25, 0.3) is 12.2 Å². The molecule has 0 aliphatic carbocycles. The molecule has 6 nitrogen and oxygen atoms in total. The third kappa shape index (κ3) is 5.13. The number of hydrogen-bond acceptors (Lipinski definition) is 6. The van der Waals surface area contributed by atoms with Gasteiger partial charge in [0.25, 0.3) is 5.24 Å². The van der Waals surface area contributed by atoms with Crippen LogP contribution in [0, 0.1) is 0 Å². The maximum absolute atomic E-state index is 11.9. The molecule has 0 unspecified atom stereocenters. The predicted molar refractivity (Wildman–Crippen MR) is 113 cm³/mol. The number of hydrogen-bond donors (Lipinski definition) is 0. The molecule has 0 saturated carbocycles. The summed E-state index contributed by atoms with van der Waals surface area (Å²) in [5.74, 6) is 2.38. The fraction of sp³-hybridized carbons (Fsp3) is 0.286. The van der Waals surface area contributed by atoms with Gasteiger partial charge in [0, 0.05) is 14.1 Å². The standard InChI is InChI=1S/C21H25NO5S/c1-22(2)21(23)28-19-10-9-14(11-16(19)24-3)7-8-15-12-17(25-4)20(27-6)18(13-15)26-5/h7-13H,1-6H3/b8-7-. The highest BCUT2D eigenvalue weighted by atomic mass is 32.2. The monoisotopic (exact) mass is 403 g/mol. The second kappa shape index (κ2) is 9.94. The Hall–Kier alpha value is -2.80. The zero-order valence-corrected chi connectivity index (χ0v) is 17.8. The van der Waals surface area contributed by atoms with Crippen molar-refractivity contribution in [3.63, 3.8) is 0 Å². The van der Waals surface area contributed by atoms with Gasteiger partial charge in [0.2, 0.25) is 5.75 Å². The van der Waals surface area contributed by atoms with Gasteiger partial charge in [-0.25, -0.2) is 0 Å². The third-order valence-corrected chi connectivity index (χ3v) is 5.00. The lowest BCUT2D eigenvalue weighted by Crippen LogP contribution is -2.16. The van der Waals surface area contributed by atoms with Crippen LogP contribution in [0.1, 0.15) is 11.1 Å². The fourth-order valence-corrected chi connectivity index (χ4v) is 3.20. The van der Waals surface area contributed by atoms with Crippen LogP contribution in [0.5, 0.6) is 23.0 Å². The third-order valence-electron chi connectivity index (χ3n) is 3.91. The SMILES string of the molecule is COc1cc(/C=C\c2cc(OC)c(OC)c(OC)c2)ccc1SC(=O)N(C)C. The summed E-state index contributed by atoms with van der Waals surface area (Å²) in [7, 11) is 9.77. The first-order valence-corrected chi connectivity index (χ1v) is 9.30. The zero-order valence-electron chi connectivity index (χ0n) is 16.9. The minimum atomic E-state index is -0.0565. The molecular formula is C21H25NO5S. The van der Waals surface area contributed by atoms with Gasteiger partial charge in [-0.05, 0) is 47.2 Å². The van der Waals surface area contributed by atoms with Crippen molar-refractivity contribution in [1.29, 1.82) is 0 Å². The molecule has 0 saturated heterocycles. The first kappa shape index (κ1) is 21.5. The number of methoxy groups -OCH3 is 4. The average molecular weight is 404 g/mol. The Morgan fingerprint density at radius 1 is 0.821 bits per heavy atom. The molecule has 0 heterocycles. The predicted octanol–water partition coefficient (Wildman–Crippen LogP) is 4.67. The summed E-state index contributed by atoms with van der Waals surface area (Å²) >= 11 is 1.13. The lowest BCUT2D eigenvalue weighted by Gasteiger charge is -2.13. The van der Waals surface area contributed by atoms with Crippen LogP contribution >= 0.6 is 11.8 Å². The van der Waals surface area contributed by atoms with E-state index in [1.165, 1.54) is 4.90 Å². The summed E-state index contributed by atoms with van der Waals surface area (Å²) in [6.45, 7) is 0. The molecule has 0 spiro atoms. The summed E-state index contributed by atoms with van der Waals surface area (Å²) in [6, 6.07) is 9.44. The highest BCUT2D eigenvalue weighted by Crippen LogP contribution is 2.39. The first-order chi connectivity index (χ1) is 13.4. The van der Waals surface area contributed by atoms with Crippen LogP contribution in [-0.2, 0) is 0 Å². The molecule has 0 bridgehead atoms. The van der Waals surface area contributed by atoms with Gasteiger partial charge in [-0.15, -0.1) is 0 Å². The Kier molecular flexibility index (Phi) is 7.63. The summed E-state index contributed by atoms with van der Waals surface area (Å²) in [5, 5.41) is -0.0565. The topological polar surface area (TPSA) is 57.2 Å². The molecule has 0 aromatic heterocycles. The quantitative estimate of drug-likeness (QED) is 0.495. The van der Waals surface area contributed by atoms with Gasteiger partial charge in [-0.3, -0.25) is 4.79 Å². The lowest BCUT2D eigenvalue weighted by molar-refractivity contribution is 0.241. The van der Waals surface area contributed by atoms with E-state index in [1.807, 2.05) is 42.5 Å². The minimum absolute atomic E-state index is 0.0565. The molecule has 2 rings (SSSR count). The van der Waals surface area contributed by atoms with Gasteiger partial charge in [0.15, 0.2) is 11.5 Å². The average Bonchev–Trinajstić information content (AvgIpc) is 2.71. The molecule has 7 heteroatoms. The van der Waals surface area contributed by atoms with Crippen LogP contribution < -0.4 is 18.9 Å². The Morgan fingerprint density at radius 2 is 1.36 bits per heavy atom. The van der Waals surface area contributed by atoms with Crippen molar-refractivity contribution in [2.75, 3.05) is 42.5 Å². The maximum atomic E-state index is 11.9. The van der Waals surface area contributed by atoms with Crippen molar-refractivity contribution >= 4 is 29.2 Å². The van der Waals surface area contributed by atoms with Crippen molar-refractivity contribution < 1.29 is 23.7 Å². The molecule has 28 heavy (non-hydrogen) atoms. The largest absolute Gasteiger partial charge is 0.496 e. The number of benzene rings is 2. The number of carbonyl (C=O) groups excluding carboxylic acids is 1. The Labute approximate surface area is 170 Å². The summed E-state index contributed by atoms with van der Waals surface area (Å²) in [5.41, 5.74) is 1.84. The Bertz CT molecular complexity index is 839. The van der Waals surface area contributed by atoms with Gasteiger partial charge in [0.05, 0.1) is 33.3 Å². The second-order valence-electron chi connectivity index (χ2n) is 5.96. The molecule has 1 amide bonds. The summed E-state index contributed by atoms with van der Waals surface area (Å²) in [6.07, 6.45) is 3.89. The summed E-state index contributed by atoms with van der Waals surface area (Å²) < 4.78 is 21.5. The molecule has 2 aromatic rings. The Balaban J connectivity index is 2.30. The number of thioether (sulfide) groups is 1. The maximum Gasteiger partial charge on any atom is 0.286 e. The molecule has 0 aliphatic heterocycles. The van der Waals surface area contributed by atoms with E-state index in [0.717, 1.165) is 27.8 Å². The molecule has 0 radical (unpaired) electrons. The number of amides is 1. The highest BCUT2D eigenvalue weighted by Gasteiger charge is 2.13. The number of rotatable bonds is 7. The molecule has 0 fully saturated rings. The normalized spacial score (nSPS) is 10.6. The van der Waals surface area contributed by atoms with E-state index in [1.54, 1.807) is 42.5 Å². The zero-order chi connectivity index (χ0) is 20.7. The van der Waals surface area contributed by atoms with E-state index >= 15 is 0 Å². The smallest absolute Gasteiger partial charge is 0.286 e. The van der Waals surface area contributed by atoms with Crippen LogP contribution in [0.2, 0.25) is 0 Å². The first-order valence-electron chi connectivity index (χ1n) is 8.48. The van der Waals surface area contributed by atoms with Crippen molar-refractivity contribution in [2.45, 2.75) is 4.90 Å². The number of carbonyl (C=O) groups is 1. The van der Waals surface area contributed by atoms with E-state index in [2.05, 4.69) is 0 Å². The van der Waals surface area contributed by atoms with Gasteiger partial charge in [0.1, 0.15) is 5.75 Å². The lowest BCUT2D eigenvalue weighted by atomic mass is 10.1. The molecule has 2 aromatic carbocycles. The van der Waals surface area contributed by atoms with E-state index in [-0.39, 0.29) is 5.24 Å². The number of nitrogens with zero attached hydrogens (tertiary/aromatic N) is 1. The summed E-state index contributed by atoms with van der Waals surface area (Å²) in [4.78, 5) is 14.2. The van der Waals surface area contributed by atoms with Crippen LogP contribution in [0.4, 0.5) is 4.79 Å².